The molecule has 0 heterocycles. The average molecular weight is 302 g/mol. The zero-order chi connectivity index (χ0) is 10.2. The Kier molecular flexibility index (Phi) is 3.20. The molecule has 0 radical (unpaired) electrons. The van der Waals surface area contributed by atoms with E-state index in [1.807, 2.05) is 0 Å². The highest BCUT2D eigenvalue weighted by molar-refractivity contribution is 14.1. The fourth-order valence-electron chi connectivity index (χ4n) is 0.779. The van der Waals surface area contributed by atoms with Gasteiger partial charge in [0.1, 0.15) is 0 Å². The van der Waals surface area contributed by atoms with Gasteiger partial charge in [-0.05, 0) is 28.7 Å². The van der Waals surface area contributed by atoms with Crippen LogP contribution in [-0.4, -0.2) is 17.2 Å². The van der Waals surface area contributed by atoms with Gasteiger partial charge in [-0.3, -0.25) is 0 Å². The number of hydrogen-bond acceptors (Lipinski definition) is 2. The summed E-state index contributed by atoms with van der Waals surface area (Å²) in [4.78, 5) is 0. The van der Waals surface area contributed by atoms with Crippen LogP contribution in [0.15, 0.2) is 6.07 Å². The lowest BCUT2D eigenvalue weighted by Crippen LogP contribution is -2.34. The van der Waals surface area contributed by atoms with Gasteiger partial charge in [-0.1, -0.05) is 0 Å². The second kappa shape index (κ2) is 3.85. The third-order valence-electron chi connectivity index (χ3n) is 1.41. The van der Waals surface area contributed by atoms with Crippen molar-refractivity contribution < 1.29 is 23.2 Å². The highest BCUT2D eigenvalue weighted by atomic mass is 127. The standard InChI is InChI=1S/C6H3BF3IO2/c8-4-2(7(12)13)1-3(11)5(9)6(4)10/h1,12-13H. The summed E-state index contributed by atoms with van der Waals surface area (Å²) in [5.41, 5.74) is -0.677. The van der Waals surface area contributed by atoms with Crippen LogP contribution >= 0.6 is 22.6 Å². The molecule has 0 aliphatic carbocycles. The molecule has 0 aromatic heterocycles. The van der Waals surface area contributed by atoms with Crippen LogP contribution < -0.4 is 5.46 Å². The summed E-state index contributed by atoms with van der Waals surface area (Å²) in [6.07, 6.45) is 0. The van der Waals surface area contributed by atoms with Crippen molar-refractivity contribution >= 4 is 35.2 Å². The summed E-state index contributed by atoms with van der Waals surface area (Å²) in [7, 11) is -2.15. The quantitative estimate of drug-likeness (QED) is 0.341. The molecule has 0 saturated heterocycles. The van der Waals surface area contributed by atoms with Crippen molar-refractivity contribution in [1.29, 1.82) is 0 Å². The molecule has 13 heavy (non-hydrogen) atoms. The third-order valence-corrected chi connectivity index (χ3v) is 2.19. The van der Waals surface area contributed by atoms with Crippen molar-refractivity contribution in [1.82, 2.24) is 0 Å². The smallest absolute Gasteiger partial charge is 0.423 e. The fraction of sp³-hybridized carbons (Fsp3) is 0. The Balaban J connectivity index is 3.41. The first kappa shape index (κ1) is 10.8. The Morgan fingerprint density at radius 1 is 1.08 bits per heavy atom. The van der Waals surface area contributed by atoms with Gasteiger partial charge in [0.25, 0.3) is 0 Å². The molecule has 2 N–H and O–H groups in total. The second-order valence-electron chi connectivity index (χ2n) is 2.26. The summed E-state index contributed by atoms with van der Waals surface area (Å²) < 4.78 is 37.8. The molecule has 1 aromatic carbocycles. The molecule has 0 atom stereocenters. The van der Waals surface area contributed by atoms with Gasteiger partial charge in [0.2, 0.25) is 0 Å². The highest BCUT2D eigenvalue weighted by Crippen LogP contribution is 2.15. The van der Waals surface area contributed by atoms with Gasteiger partial charge in [0, 0.05) is 5.46 Å². The minimum Gasteiger partial charge on any atom is -0.423 e. The molecule has 2 nitrogen and oxygen atoms in total. The van der Waals surface area contributed by atoms with E-state index in [1.165, 1.54) is 22.6 Å². The Hall–Kier alpha value is -0.275. The first-order valence-corrected chi connectivity index (χ1v) is 4.22. The number of rotatable bonds is 1. The molecule has 0 aliphatic rings. The maximum atomic E-state index is 12.8. The molecule has 0 saturated carbocycles. The van der Waals surface area contributed by atoms with Gasteiger partial charge in [0.05, 0.1) is 3.57 Å². The maximum absolute atomic E-state index is 12.8. The average Bonchev–Trinajstić information content (AvgIpc) is 2.07. The minimum absolute atomic E-state index is 0.209. The van der Waals surface area contributed by atoms with Gasteiger partial charge in [-0.25, -0.2) is 13.2 Å². The highest BCUT2D eigenvalue weighted by Gasteiger charge is 2.24. The van der Waals surface area contributed by atoms with Gasteiger partial charge in [0.15, 0.2) is 17.5 Å². The van der Waals surface area contributed by atoms with E-state index in [0.29, 0.717) is 0 Å². The molecule has 0 spiro atoms. The molecule has 70 valence electrons. The summed E-state index contributed by atoms with van der Waals surface area (Å²) >= 11 is 1.42. The summed E-state index contributed by atoms with van der Waals surface area (Å²) in [5, 5.41) is 17.1. The van der Waals surface area contributed by atoms with Crippen LogP contribution in [0, 0.1) is 21.0 Å². The second-order valence-corrected chi connectivity index (χ2v) is 3.43. The van der Waals surface area contributed by atoms with Crippen molar-refractivity contribution in [3.63, 3.8) is 0 Å². The monoisotopic (exact) mass is 302 g/mol. The predicted molar refractivity (Wildman–Crippen MR) is 48.9 cm³/mol. The number of benzene rings is 1. The topological polar surface area (TPSA) is 40.5 Å². The van der Waals surface area contributed by atoms with E-state index in [9.17, 15) is 13.2 Å². The Morgan fingerprint density at radius 2 is 1.62 bits per heavy atom. The SMILES string of the molecule is OB(O)c1cc(I)c(F)c(F)c1F. The van der Waals surface area contributed by atoms with Crippen molar-refractivity contribution in [3.8, 4) is 0 Å². The van der Waals surface area contributed by atoms with Gasteiger partial charge in [-0.2, -0.15) is 0 Å². The molecule has 0 unspecified atom stereocenters. The number of hydrogen-bond donors (Lipinski definition) is 2. The Morgan fingerprint density at radius 3 is 2.08 bits per heavy atom. The van der Waals surface area contributed by atoms with Crippen LogP contribution in [0.2, 0.25) is 0 Å². The van der Waals surface area contributed by atoms with Crippen LogP contribution in [-0.2, 0) is 0 Å². The van der Waals surface area contributed by atoms with Gasteiger partial charge in [-0.15, -0.1) is 0 Å². The maximum Gasteiger partial charge on any atom is 0.491 e. The van der Waals surface area contributed by atoms with E-state index >= 15 is 0 Å². The zero-order valence-corrected chi connectivity index (χ0v) is 8.22. The van der Waals surface area contributed by atoms with Crippen molar-refractivity contribution in [2.45, 2.75) is 0 Å². The molecule has 1 aromatic rings. The lowest BCUT2D eigenvalue weighted by Gasteiger charge is -2.04. The number of halogens is 4. The van der Waals surface area contributed by atoms with Gasteiger partial charge >= 0.3 is 7.12 Å². The van der Waals surface area contributed by atoms with E-state index in [1.54, 1.807) is 0 Å². The predicted octanol–water partition coefficient (Wildman–Crippen LogP) is 0.388. The molecule has 7 heteroatoms. The van der Waals surface area contributed by atoms with Crippen LogP contribution in [0.4, 0.5) is 13.2 Å². The summed E-state index contributed by atoms with van der Waals surface area (Å²) in [6.45, 7) is 0. The normalized spacial score (nSPS) is 10.3. The molecular weight excluding hydrogens is 299 g/mol. The molecule has 0 aliphatic heterocycles. The van der Waals surface area contributed by atoms with E-state index in [4.69, 9.17) is 10.0 Å². The molecule has 1 rings (SSSR count). The molecular formula is C6H3BF3IO2. The van der Waals surface area contributed by atoms with Crippen molar-refractivity contribution in [3.05, 3.63) is 27.1 Å². The zero-order valence-electron chi connectivity index (χ0n) is 6.06. The Labute approximate surface area is 85.7 Å². The third kappa shape index (κ3) is 1.97. The molecule has 0 bridgehead atoms. The van der Waals surface area contributed by atoms with Crippen molar-refractivity contribution in [2.75, 3.05) is 0 Å². The first-order valence-electron chi connectivity index (χ1n) is 3.14. The lowest BCUT2D eigenvalue weighted by atomic mass is 9.80. The fourth-order valence-corrected chi connectivity index (χ4v) is 1.35. The molecule has 0 fully saturated rings. The summed E-state index contributed by atoms with van der Waals surface area (Å²) in [6, 6.07) is 0.832. The van der Waals surface area contributed by atoms with E-state index < -0.39 is 30.0 Å². The minimum atomic E-state index is -2.15. The van der Waals surface area contributed by atoms with Crippen LogP contribution in [0.3, 0.4) is 0 Å². The first-order chi connectivity index (χ1) is 5.95. The summed E-state index contributed by atoms with van der Waals surface area (Å²) in [5.74, 6) is -4.61. The van der Waals surface area contributed by atoms with Crippen molar-refractivity contribution in [2.24, 2.45) is 0 Å². The van der Waals surface area contributed by atoms with Gasteiger partial charge < -0.3 is 10.0 Å². The van der Waals surface area contributed by atoms with Crippen LogP contribution in [0.1, 0.15) is 0 Å². The van der Waals surface area contributed by atoms with E-state index in [0.717, 1.165) is 6.07 Å². The van der Waals surface area contributed by atoms with E-state index in [2.05, 4.69) is 0 Å². The molecule has 0 amide bonds. The Bertz CT molecular complexity index is 345. The van der Waals surface area contributed by atoms with Crippen LogP contribution in [0.5, 0.6) is 0 Å². The largest absolute Gasteiger partial charge is 0.491 e. The van der Waals surface area contributed by atoms with Crippen LogP contribution in [0.25, 0.3) is 0 Å². The lowest BCUT2D eigenvalue weighted by molar-refractivity contribution is 0.414. The van der Waals surface area contributed by atoms with E-state index in [-0.39, 0.29) is 3.57 Å².